The molecule has 35 heavy (non-hydrogen) atoms. The Morgan fingerprint density at radius 1 is 1.03 bits per heavy atom. The molecular weight excluding hydrogens is 452 g/mol. The minimum Gasteiger partial charge on any atom is -0.450 e. The summed E-state index contributed by atoms with van der Waals surface area (Å²) in [6.07, 6.45) is 0. The lowest BCUT2D eigenvalue weighted by Gasteiger charge is -2.09. The fourth-order valence-corrected chi connectivity index (χ4v) is 3.52. The highest BCUT2D eigenvalue weighted by atomic mass is 16.7. The van der Waals surface area contributed by atoms with Gasteiger partial charge in [-0.1, -0.05) is 24.3 Å². The molecule has 4 rings (SSSR count). The fraction of sp³-hybridized carbons (Fsp3) is 0.160. The lowest BCUT2D eigenvalue weighted by molar-refractivity contribution is -0.402. The van der Waals surface area contributed by atoms with Crippen LogP contribution in [0.25, 0.3) is 16.9 Å². The van der Waals surface area contributed by atoms with E-state index in [1.54, 1.807) is 10.7 Å². The highest BCUT2D eigenvalue weighted by Gasteiger charge is 2.20. The van der Waals surface area contributed by atoms with E-state index in [4.69, 9.17) is 14.3 Å². The summed E-state index contributed by atoms with van der Waals surface area (Å²) in [5.74, 6) is -2.18. The number of carbonyl (C=O) groups excluding carboxylic acids is 2. The molecule has 0 unspecified atom stereocenters. The van der Waals surface area contributed by atoms with Crippen LogP contribution in [0.15, 0.2) is 65.1 Å². The molecule has 1 N–H and O–H groups in total. The molecule has 0 aliphatic rings. The number of nitrogens with one attached hydrogen (secondary N) is 1. The third-order valence-electron chi connectivity index (χ3n) is 5.40. The number of benzene rings is 2. The van der Waals surface area contributed by atoms with Gasteiger partial charge in [-0.25, -0.2) is 9.48 Å². The standard InChI is InChI=1S/C25H22N4O6/c1-15-11-17(3)19(12-16(15)2)20-13-22(28(27-20)18-7-5-4-6-8-18)26-23(30)14-34-25(31)21-9-10-24(35-21)29(32)33/h4-13H,14H2,1-3H3,(H,26,30). The molecule has 0 saturated carbocycles. The van der Waals surface area contributed by atoms with Gasteiger partial charge in [0.2, 0.25) is 5.76 Å². The topological polar surface area (TPSA) is 130 Å². The molecule has 178 valence electrons. The van der Waals surface area contributed by atoms with Crippen LogP contribution < -0.4 is 5.32 Å². The summed E-state index contributed by atoms with van der Waals surface area (Å²) in [4.78, 5) is 34.6. The van der Waals surface area contributed by atoms with Crippen LogP contribution in [0, 0.1) is 30.9 Å². The first-order chi connectivity index (χ1) is 16.7. The molecule has 0 atom stereocenters. The van der Waals surface area contributed by atoms with Crippen LogP contribution >= 0.6 is 0 Å². The number of hydrogen-bond acceptors (Lipinski definition) is 7. The number of anilines is 1. The van der Waals surface area contributed by atoms with Crippen molar-refractivity contribution in [2.24, 2.45) is 0 Å². The van der Waals surface area contributed by atoms with Crippen molar-refractivity contribution in [1.82, 2.24) is 9.78 Å². The van der Waals surface area contributed by atoms with Crippen molar-refractivity contribution in [2.75, 3.05) is 11.9 Å². The van der Waals surface area contributed by atoms with Gasteiger partial charge in [0.15, 0.2) is 6.61 Å². The molecule has 2 aromatic carbocycles. The predicted octanol–water partition coefficient (Wildman–Crippen LogP) is 4.76. The molecule has 10 heteroatoms. The van der Waals surface area contributed by atoms with Crippen molar-refractivity contribution >= 4 is 23.6 Å². The minimum atomic E-state index is -0.990. The van der Waals surface area contributed by atoms with Gasteiger partial charge in [0.1, 0.15) is 10.7 Å². The number of nitro groups is 1. The van der Waals surface area contributed by atoms with Gasteiger partial charge < -0.3 is 14.5 Å². The van der Waals surface area contributed by atoms with Gasteiger partial charge in [0.05, 0.1) is 17.4 Å². The maximum Gasteiger partial charge on any atom is 0.433 e. The molecule has 0 radical (unpaired) electrons. The second-order valence-electron chi connectivity index (χ2n) is 7.93. The van der Waals surface area contributed by atoms with E-state index in [9.17, 15) is 19.7 Å². The third-order valence-corrected chi connectivity index (χ3v) is 5.40. The number of hydrogen-bond donors (Lipinski definition) is 1. The van der Waals surface area contributed by atoms with E-state index in [-0.39, 0.29) is 5.76 Å². The van der Waals surface area contributed by atoms with E-state index in [0.717, 1.165) is 34.5 Å². The molecule has 0 bridgehead atoms. The van der Waals surface area contributed by atoms with Crippen molar-refractivity contribution in [2.45, 2.75) is 20.8 Å². The Morgan fingerprint density at radius 2 is 1.74 bits per heavy atom. The predicted molar refractivity (Wildman–Crippen MR) is 127 cm³/mol. The average Bonchev–Trinajstić information content (AvgIpc) is 3.48. The molecule has 4 aromatic rings. The van der Waals surface area contributed by atoms with Gasteiger partial charge in [0, 0.05) is 11.6 Å². The van der Waals surface area contributed by atoms with Crippen LogP contribution in [0.5, 0.6) is 0 Å². The summed E-state index contributed by atoms with van der Waals surface area (Å²) in [5.41, 5.74) is 5.68. The lowest BCUT2D eigenvalue weighted by atomic mass is 9.99. The highest BCUT2D eigenvalue weighted by Crippen LogP contribution is 2.29. The Morgan fingerprint density at radius 3 is 2.43 bits per heavy atom. The quantitative estimate of drug-likeness (QED) is 0.232. The van der Waals surface area contributed by atoms with Crippen molar-refractivity contribution < 1.29 is 23.7 Å². The van der Waals surface area contributed by atoms with E-state index >= 15 is 0 Å². The number of esters is 1. The Labute approximate surface area is 200 Å². The van der Waals surface area contributed by atoms with E-state index in [0.29, 0.717) is 11.5 Å². The first kappa shape index (κ1) is 23.4. The molecule has 0 fully saturated rings. The van der Waals surface area contributed by atoms with Gasteiger partial charge >= 0.3 is 11.9 Å². The Kier molecular flexibility index (Phi) is 6.45. The number of ether oxygens (including phenoxy) is 1. The number of rotatable bonds is 7. The van der Waals surface area contributed by atoms with Crippen molar-refractivity contribution in [3.63, 3.8) is 0 Å². The summed E-state index contributed by atoms with van der Waals surface area (Å²) >= 11 is 0. The van der Waals surface area contributed by atoms with E-state index in [1.807, 2.05) is 51.1 Å². The summed E-state index contributed by atoms with van der Waals surface area (Å²) in [6.45, 7) is 5.45. The molecule has 0 aliphatic carbocycles. The third kappa shape index (κ3) is 5.11. The number of carbonyl (C=O) groups is 2. The average molecular weight is 474 g/mol. The van der Waals surface area contributed by atoms with Gasteiger partial charge in [-0.2, -0.15) is 5.10 Å². The minimum absolute atomic E-state index is 0.369. The summed E-state index contributed by atoms with van der Waals surface area (Å²) in [6, 6.07) is 17.3. The molecule has 10 nitrogen and oxygen atoms in total. The van der Waals surface area contributed by atoms with Crippen LogP contribution in [0.1, 0.15) is 27.2 Å². The van der Waals surface area contributed by atoms with Gasteiger partial charge in [-0.05, 0) is 61.7 Å². The summed E-state index contributed by atoms with van der Waals surface area (Å²) < 4.78 is 11.3. The van der Waals surface area contributed by atoms with Crippen LogP contribution in [0.2, 0.25) is 0 Å². The molecule has 2 heterocycles. The van der Waals surface area contributed by atoms with Crippen LogP contribution in [-0.2, 0) is 9.53 Å². The molecule has 2 aromatic heterocycles. The zero-order chi connectivity index (χ0) is 25.1. The zero-order valence-corrected chi connectivity index (χ0v) is 19.3. The van der Waals surface area contributed by atoms with Crippen LogP contribution in [0.4, 0.5) is 11.7 Å². The second-order valence-corrected chi connectivity index (χ2v) is 7.93. The van der Waals surface area contributed by atoms with Crippen molar-refractivity contribution in [3.05, 3.63) is 93.2 Å². The number of aryl methyl sites for hydroxylation is 3. The number of amides is 1. The van der Waals surface area contributed by atoms with Crippen LogP contribution in [0.3, 0.4) is 0 Å². The maximum atomic E-state index is 12.6. The Hall–Kier alpha value is -4.73. The largest absolute Gasteiger partial charge is 0.450 e. The molecule has 0 saturated heterocycles. The summed E-state index contributed by atoms with van der Waals surface area (Å²) in [5, 5.41) is 18.1. The SMILES string of the molecule is Cc1cc(C)c(-c2cc(NC(=O)COC(=O)c3ccc([N+](=O)[O-])o3)n(-c3ccccc3)n2)cc1C. The van der Waals surface area contributed by atoms with Crippen molar-refractivity contribution in [1.29, 1.82) is 0 Å². The Balaban J connectivity index is 1.56. The molecule has 0 aliphatic heterocycles. The van der Waals surface area contributed by atoms with Gasteiger partial charge in [-0.3, -0.25) is 14.9 Å². The normalized spacial score (nSPS) is 10.7. The number of furan rings is 1. The lowest BCUT2D eigenvalue weighted by Crippen LogP contribution is -2.22. The maximum absolute atomic E-state index is 12.6. The van der Waals surface area contributed by atoms with Crippen molar-refractivity contribution in [3.8, 4) is 16.9 Å². The smallest absolute Gasteiger partial charge is 0.433 e. The van der Waals surface area contributed by atoms with Gasteiger partial charge in [-0.15, -0.1) is 0 Å². The molecule has 0 spiro atoms. The Bertz CT molecular complexity index is 1420. The fourth-order valence-electron chi connectivity index (χ4n) is 3.52. The number of aromatic nitrogens is 2. The first-order valence-corrected chi connectivity index (χ1v) is 10.7. The first-order valence-electron chi connectivity index (χ1n) is 10.7. The second kappa shape index (κ2) is 9.64. The van der Waals surface area contributed by atoms with E-state index < -0.39 is 29.3 Å². The molecular formula is C25H22N4O6. The van der Waals surface area contributed by atoms with Gasteiger partial charge in [0.25, 0.3) is 5.91 Å². The number of para-hydroxylation sites is 1. The number of nitrogens with zero attached hydrogens (tertiary/aromatic N) is 3. The zero-order valence-electron chi connectivity index (χ0n) is 19.3. The highest BCUT2D eigenvalue weighted by molar-refractivity contribution is 5.94. The molecule has 1 amide bonds. The van der Waals surface area contributed by atoms with Crippen LogP contribution in [-0.4, -0.2) is 33.2 Å². The van der Waals surface area contributed by atoms with E-state index in [2.05, 4.69) is 17.4 Å². The van der Waals surface area contributed by atoms with E-state index in [1.165, 1.54) is 5.56 Å². The summed E-state index contributed by atoms with van der Waals surface area (Å²) in [7, 11) is 0. The monoisotopic (exact) mass is 474 g/mol.